The molecule has 1 aromatic carbocycles. The molecular weight excluding hydrogens is 198 g/mol. The SMILES string of the molecule is Cc1ccc(C)c(CN2CCC(O)CC2)c1. The minimum Gasteiger partial charge on any atom is -0.393 e. The minimum atomic E-state index is -0.0742. The highest BCUT2D eigenvalue weighted by atomic mass is 16.3. The molecule has 1 N–H and O–H groups in total. The molecule has 2 heteroatoms. The van der Waals surface area contributed by atoms with Gasteiger partial charge < -0.3 is 5.11 Å². The van der Waals surface area contributed by atoms with Crippen LogP contribution in [0.1, 0.15) is 29.5 Å². The van der Waals surface area contributed by atoms with Gasteiger partial charge in [-0.25, -0.2) is 0 Å². The summed E-state index contributed by atoms with van der Waals surface area (Å²) in [5.74, 6) is 0. The lowest BCUT2D eigenvalue weighted by Crippen LogP contribution is -2.35. The standard InChI is InChI=1S/C14H21NO/c1-11-3-4-12(2)13(9-11)10-15-7-5-14(16)6-8-15/h3-4,9,14,16H,5-8,10H2,1-2H3. The van der Waals surface area contributed by atoms with Gasteiger partial charge in [-0.1, -0.05) is 23.8 Å². The van der Waals surface area contributed by atoms with Gasteiger partial charge in [0.05, 0.1) is 6.10 Å². The van der Waals surface area contributed by atoms with E-state index in [9.17, 15) is 5.11 Å². The average Bonchev–Trinajstić information content (AvgIpc) is 2.27. The van der Waals surface area contributed by atoms with Crippen LogP contribution in [0, 0.1) is 13.8 Å². The lowest BCUT2D eigenvalue weighted by atomic mass is 10.0. The molecule has 2 rings (SSSR count). The van der Waals surface area contributed by atoms with Gasteiger partial charge in [0.2, 0.25) is 0 Å². The lowest BCUT2D eigenvalue weighted by molar-refractivity contribution is 0.0791. The van der Waals surface area contributed by atoms with Crippen molar-refractivity contribution < 1.29 is 5.11 Å². The number of aliphatic hydroxyl groups excluding tert-OH is 1. The second-order valence-corrected chi connectivity index (χ2v) is 4.94. The fraction of sp³-hybridized carbons (Fsp3) is 0.571. The Kier molecular flexibility index (Phi) is 3.62. The monoisotopic (exact) mass is 219 g/mol. The Bertz CT molecular complexity index is 354. The fourth-order valence-corrected chi connectivity index (χ4v) is 2.29. The molecule has 2 nitrogen and oxygen atoms in total. The van der Waals surface area contributed by atoms with Gasteiger partial charge in [-0.2, -0.15) is 0 Å². The molecule has 0 unspecified atom stereocenters. The number of hydrogen-bond donors (Lipinski definition) is 1. The largest absolute Gasteiger partial charge is 0.393 e. The summed E-state index contributed by atoms with van der Waals surface area (Å²) in [6.07, 6.45) is 1.77. The highest BCUT2D eigenvalue weighted by molar-refractivity contribution is 5.30. The van der Waals surface area contributed by atoms with Gasteiger partial charge in [-0.3, -0.25) is 4.90 Å². The molecule has 1 heterocycles. The molecular formula is C14H21NO. The second kappa shape index (κ2) is 4.98. The van der Waals surface area contributed by atoms with Crippen LogP contribution in [-0.4, -0.2) is 29.2 Å². The van der Waals surface area contributed by atoms with E-state index in [4.69, 9.17) is 0 Å². The van der Waals surface area contributed by atoms with Gasteiger partial charge in [0, 0.05) is 19.6 Å². The molecule has 0 radical (unpaired) electrons. The van der Waals surface area contributed by atoms with Gasteiger partial charge in [-0.15, -0.1) is 0 Å². The smallest absolute Gasteiger partial charge is 0.0564 e. The molecule has 0 saturated carbocycles. The van der Waals surface area contributed by atoms with Crippen LogP contribution in [0.4, 0.5) is 0 Å². The van der Waals surface area contributed by atoms with E-state index < -0.39 is 0 Å². The molecule has 0 spiro atoms. The zero-order valence-electron chi connectivity index (χ0n) is 10.2. The molecule has 0 aliphatic carbocycles. The van der Waals surface area contributed by atoms with Crippen molar-refractivity contribution >= 4 is 0 Å². The van der Waals surface area contributed by atoms with Gasteiger partial charge in [-0.05, 0) is 37.8 Å². The third kappa shape index (κ3) is 2.83. The van der Waals surface area contributed by atoms with Crippen LogP contribution in [0.2, 0.25) is 0 Å². The summed E-state index contributed by atoms with van der Waals surface area (Å²) in [4.78, 5) is 2.44. The van der Waals surface area contributed by atoms with Gasteiger partial charge in [0.25, 0.3) is 0 Å². The maximum atomic E-state index is 9.47. The normalized spacial score (nSPS) is 18.9. The molecule has 0 aromatic heterocycles. The number of piperidine rings is 1. The van der Waals surface area contributed by atoms with E-state index in [0.29, 0.717) is 0 Å². The van der Waals surface area contributed by atoms with E-state index >= 15 is 0 Å². The molecule has 0 amide bonds. The summed E-state index contributed by atoms with van der Waals surface area (Å²) in [5.41, 5.74) is 4.13. The van der Waals surface area contributed by atoms with E-state index in [0.717, 1.165) is 32.5 Å². The quantitative estimate of drug-likeness (QED) is 0.824. The first-order valence-electron chi connectivity index (χ1n) is 6.11. The Morgan fingerprint density at radius 1 is 1.25 bits per heavy atom. The summed E-state index contributed by atoms with van der Waals surface area (Å²) < 4.78 is 0. The molecule has 16 heavy (non-hydrogen) atoms. The Morgan fingerprint density at radius 2 is 1.94 bits per heavy atom. The molecule has 1 aliphatic heterocycles. The topological polar surface area (TPSA) is 23.5 Å². The van der Waals surface area contributed by atoms with Gasteiger partial charge in [0.1, 0.15) is 0 Å². The van der Waals surface area contributed by atoms with Crippen molar-refractivity contribution in [3.8, 4) is 0 Å². The van der Waals surface area contributed by atoms with E-state index in [1.54, 1.807) is 0 Å². The molecule has 0 bridgehead atoms. The number of hydrogen-bond acceptors (Lipinski definition) is 2. The summed E-state index contributed by atoms with van der Waals surface area (Å²) >= 11 is 0. The third-order valence-electron chi connectivity index (χ3n) is 3.46. The maximum Gasteiger partial charge on any atom is 0.0564 e. The van der Waals surface area contributed by atoms with Crippen molar-refractivity contribution in [1.82, 2.24) is 4.90 Å². The first-order valence-corrected chi connectivity index (χ1v) is 6.11. The molecule has 1 fully saturated rings. The van der Waals surface area contributed by atoms with E-state index in [1.807, 2.05) is 0 Å². The minimum absolute atomic E-state index is 0.0742. The van der Waals surface area contributed by atoms with Gasteiger partial charge in [0.15, 0.2) is 0 Å². The summed E-state index contributed by atoms with van der Waals surface area (Å²) in [7, 11) is 0. The first kappa shape index (κ1) is 11.6. The van der Waals surface area contributed by atoms with Crippen LogP contribution in [-0.2, 0) is 6.54 Å². The summed E-state index contributed by atoms with van der Waals surface area (Å²) in [5, 5.41) is 9.47. The van der Waals surface area contributed by atoms with Crippen molar-refractivity contribution in [2.24, 2.45) is 0 Å². The number of aliphatic hydroxyl groups is 1. The maximum absolute atomic E-state index is 9.47. The Hall–Kier alpha value is -0.860. The van der Waals surface area contributed by atoms with Crippen molar-refractivity contribution in [1.29, 1.82) is 0 Å². The Balaban J connectivity index is 2.00. The zero-order valence-corrected chi connectivity index (χ0v) is 10.2. The summed E-state index contributed by atoms with van der Waals surface area (Å²) in [6, 6.07) is 6.64. The van der Waals surface area contributed by atoms with Crippen LogP contribution >= 0.6 is 0 Å². The highest BCUT2D eigenvalue weighted by Gasteiger charge is 2.17. The number of benzene rings is 1. The van der Waals surface area contributed by atoms with Crippen LogP contribution < -0.4 is 0 Å². The average molecular weight is 219 g/mol. The number of aryl methyl sites for hydroxylation is 2. The van der Waals surface area contributed by atoms with Crippen LogP contribution in [0.25, 0.3) is 0 Å². The third-order valence-corrected chi connectivity index (χ3v) is 3.46. The van der Waals surface area contributed by atoms with Crippen molar-refractivity contribution in [3.63, 3.8) is 0 Å². The van der Waals surface area contributed by atoms with Gasteiger partial charge >= 0.3 is 0 Å². The Morgan fingerprint density at radius 3 is 2.62 bits per heavy atom. The predicted molar refractivity (Wildman–Crippen MR) is 66.4 cm³/mol. The van der Waals surface area contributed by atoms with Crippen LogP contribution in [0.15, 0.2) is 18.2 Å². The first-order chi connectivity index (χ1) is 7.65. The molecule has 88 valence electrons. The Labute approximate surface area is 97.9 Å². The van der Waals surface area contributed by atoms with E-state index in [2.05, 4.69) is 36.9 Å². The summed E-state index contributed by atoms with van der Waals surface area (Å²) in [6.45, 7) is 7.39. The van der Waals surface area contributed by atoms with Crippen LogP contribution in [0.5, 0.6) is 0 Å². The number of likely N-dealkylation sites (tertiary alicyclic amines) is 1. The van der Waals surface area contributed by atoms with Crippen molar-refractivity contribution in [3.05, 3.63) is 34.9 Å². The van der Waals surface area contributed by atoms with Crippen LogP contribution in [0.3, 0.4) is 0 Å². The lowest BCUT2D eigenvalue weighted by Gasteiger charge is -2.30. The van der Waals surface area contributed by atoms with Crippen molar-refractivity contribution in [2.45, 2.75) is 39.3 Å². The van der Waals surface area contributed by atoms with E-state index in [1.165, 1.54) is 16.7 Å². The highest BCUT2D eigenvalue weighted by Crippen LogP contribution is 2.17. The zero-order chi connectivity index (χ0) is 11.5. The molecule has 1 aromatic rings. The fourth-order valence-electron chi connectivity index (χ4n) is 2.29. The van der Waals surface area contributed by atoms with E-state index in [-0.39, 0.29) is 6.10 Å². The number of nitrogens with zero attached hydrogens (tertiary/aromatic N) is 1. The molecule has 1 aliphatic rings. The molecule has 1 saturated heterocycles. The van der Waals surface area contributed by atoms with Crippen molar-refractivity contribution in [2.75, 3.05) is 13.1 Å². The second-order valence-electron chi connectivity index (χ2n) is 4.94. The molecule has 0 atom stereocenters. The predicted octanol–water partition coefficient (Wildman–Crippen LogP) is 2.26. The number of rotatable bonds is 2.